The van der Waals surface area contributed by atoms with Crippen LogP contribution in [0.25, 0.3) is 11.0 Å². The molecule has 4 rings (SSSR count). The minimum absolute atomic E-state index is 0.0453. The number of aromatic nitrogens is 2. The van der Waals surface area contributed by atoms with Gasteiger partial charge in [0.15, 0.2) is 6.61 Å². The first-order chi connectivity index (χ1) is 18.6. The zero-order valence-electron chi connectivity index (χ0n) is 22.6. The number of nitrogens with one attached hydrogen (secondary N) is 1. The third kappa shape index (κ3) is 8.37. The van der Waals surface area contributed by atoms with Crippen molar-refractivity contribution in [3.8, 4) is 11.5 Å². The SMILES string of the molecule is Cc1cc(C)cc(OCCCCn2c(CCCCCNC(=O)COc3ccccc3)nc3ccccc32)c1. The maximum Gasteiger partial charge on any atom is 0.257 e. The van der Waals surface area contributed by atoms with E-state index in [0.717, 1.165) is 62.2 Å². The number of carbonyl (C=O) groups excluding carboxylic acids is 1. The summed E-state index contributed by atoms with van der Waals surface area (Å²) in [6.45, 7) is 6.56. The zero-order valence-corrected chi connectivity index (χ0v) is 22.6. The van der Waals surface area contributed by atoms with Crippen molar-refractivity contribution in [3.63, 3.8) is 0 Å². The van der Waals surface area contributed by atoms with E-state index >= 15 is 0 Å². The molecule has 6 nitrogen and oxygen atoms in total. The van der Waals surface area contributed by atoms with Crippen molar-refractivity contribution in [2.75, 3.05) is 19.8 Å². The van der Waals surface area contributed by atoms with Gasteiger partial charge >= 0.3 is 0 Å². The fourth-order valence-electron chi connectivity index (χ4n) is 4.67. The number of amides is 1. The lowest BCUT2D eigenvalue weighted by Crippen LogP contribution is -2.29. The molecule has 0 spiro atoms. The molecule has 0 saturated heterocycles. The van der Waals surface area contributed by atoms with Gasteiger partial charge in [-0.3, -0.25) is 4.79 Å². The van der Waals surface area contributed by atoms with Crippen molar-refractivity contribution >= 4 is 16.9 Å². The molecule has 3 aromatic carbocycles. The van der Waals surface area contributed by atoms with Gasteiger partial charge in [-0.2, -0.15) is 0 Å². The average molecular weight is 514 g/mol. The van der Waals surface area contributed by atoms with E-state index in [0.29, 0.717) is 18.9 Å². The Labute approximate surface area is 226 Å². The van der Waals surface area contributed by atoms with Crippen LogP contribution in [0.1, 0.15) is 49.1 Å². The van der Waals surface area contributed by atoms with Gasteiger partial charge in [0.05, 0.1) is 17.6 Å². The van der Waals surface area contributed by atoms with Gasteiger partial charge in [-0.25, -0.2) is 4.98 Å². The summed E-state index contributed by atoms with van der Waals surface area (Å²) in [7, 11) is 0. The van der Waals surface area contributed by atoms with Gasteiger partial charge in [-0.1, -0.05) is 42.8 Å². The number of aryl methyl sites for hydroxylation is 4. The van der Waals surface area contributed by atoms with Crippen LogP contribution in [0, 0.1) is 13.8 Å². The molecule has 6 heteroatoms. The van der Waals surface area contributed by atoms with Gasteiger partial charge in [0.25, 0.3) is 5.91 Å². The first kappa shape index (κ1) is 27.2. The molecule has 38 heavy (non-hydrogen) atoms. The van der Waals surface area contributed by atoms with Crippen molar-refractivity contribution < 1.29 is 14.3 Å². The van der Waals surface area contributed by atoms with Crippen molar-refractivity contribution in [1.82, 2.24) is 14.9 Å². The van der Waals surface area contributed by atoms with Gasteiger partial charge < -0.3 is 19.4 Å². The summed E-state index contributed by atoms with van der Waals surface area (Å²) in [5.41, 5.74) is 4.71. The van der Waals surface area contributed by atoms with E-state index in [1.807, 2.05) is 36.4 Å². The molecular weight excluding hydrogens is 474 g/mol. The summed E-state index contributed by atoms with van der Waals surface area (Å²) >= 11 is 0. The highest BCUT2D eigenvalue weighted by Gasteiger charge is 2.10. The molecule has 0 fully saturated rings. The van der Waals surface area contributed by atoms with E-state index < -0.39 is 0 Å². The molecule has 0 aliphatic heterocycles. The smallest absolute Gasteiger partial charge is 0.257 e. The van der Waals surface area contributed by atoms with E-state index in [1.54, 1.807) is 0 Å². The summed E-state index contributed by atoms with van der Waals surface area (Å²) in [5, 5.41) is 2.95. The molecule has 0 saturated carbocycles. The number of fused-ring (bicyclic) bond motifs is 1. The second-order valence-corrected chi connectivity index (χ2v) is 9.81. The molecule has 1 aromatic heterocycles. The zero-order chi connectivity index (χ0) is 26.6. The van der Waals surface area contributed by atoms with Crippen LogP contribution in [0.3, 0.4) is 0 Å². The second-order valence-electron chi connectivity index (χ2n) is 9.81. The van der Waals surface area contributed by atoms with Crippen molar-refractivity contribution in [3.05, 3.63) is 89.7 Å². The van der Waals surface area contributed by atoms with Crippen LogP contribution < -0.4 is 14.8 Å². The van der Waals surface area contributed by atoms with Crippen LogP contribution in [0.2, 0.25) is 0 Å². The Hall–Kier alpha value is -3.80. The number of unbranched alkanes of at least 4 members (excludes halogenated alkanes) is 3. The number of carbonyl (C=O) groups is 1. The molecule has 0 aliphatic rings. The van der Waals surface area contributed by atoms with E-state index in [2.05, 4.69) is 60.1 Å². The monoisotopic (exact) mass is 513 g/mol. The Morgan fingerprint density at radius 1 is 0.816 bits per heavy atom. The van der Waals surface area contributed by atoms with Crippen molar-refractivity contribution in [1.29, 1.82) is 0 Å². The lowest BCUT2D eigenvalue weighted by molar-refractivity contribution is -0.123. The lowest BCUT2D eigenvalue weighted by atomic mass is 10.1. The maximum absolute atomic E-state index is 12.0. The Morgan fingerprint density at radius 3 is 2.39 bits per heavy atom. The molecule has 4 aromatic rings. The van der Waals surface area contributed by atoms with Gasteiger partial charge in [-0.05, 0) is 87.1 Å². The number of para-hydroxylation sites is 3. The highest BCUT2D eigenvalue weighted by Crippen LogP contribution is 2.20. The Kier molecular flexibility index (Phi) is 10.2. The molecule has 0 radical (unpaired) electrons. The summed E-state index contributed by atoms with van der Waals surface area (Å²) in [4.78, 5) is 16.9. The third-order valence-corrected chi connectivity index (χ3v) is 6.49. The van der Waals surface area contributed by atoms with E-state index in [9.17, 15) is 4.79 Å². The van der Waals surface area contributed by atoms with Crippen LogP contribution in [0.4, 0.5) is 0 Å². The molecule has 0 unspecified atom stereocenters. The summed E-state index contributed by atoms with van der Waals surface area (Å²) in [6, 6.07) is 24.1. The number of rotatable bonds is 15. The number of imidazole rings is 1. The van der Waals surface area contributed by atoms with Crippen LogP contribution in [0.15, 0.2) is 72.8 Å². The number of hydrogen-bond acceptors (Lipinski definition) is 4. The number of hydrogen-bond donors (Lipinski definition) is 1. The number of nitrogens with zero attached hydrogens (tertiary/aromatic N) is 2. The lowest BCUT2D eigenvalue weighted by Gasteiger charge is -2.11. The molecule has 1 heterocycles. The standard InChI is InChI=1S/C32H39N3O3/c1-25-21-26(2)23-28(22-25)37-20-12-11-19-35-30-16-9-8-15-29(30)34-31(35)17-7-4-10-18-33-32(36)24-38-27-13-5-3-6-14-27/h3,5-6,8-9,13-16,21-23H,4,7,10-12,17-20,24H2,1-2H3,(H,33,36). The maximum atomic E-state index is 12.0. The van der Waals surface area contributed by atoms with Crippen molar-refractivity contribution in [2.45, 2.75) is 58.9 Å². The van der Waals surface area contributed by atoms with Gasteiger partial charge in [-0.15, -0.1) is 0 Å². The number of ether oxygens (including phenoxy) is 2. The topological polar surface area (TPSA) is 65.4 Å². The highest BCUT2D eigenvalue weighted by atomic mass is 16.5. The average Bonchev–Trinajstić information content (AvgIpc) is 3.26. The Morgan fingerprint density at radius 2 is 1.58 bits per heavy atom. The fraction of sp³-hybridized carbons (Fsp3) is 0.375. The van der Waals surface area contributed by atoms with Crippen LogP contribution in [-0.2, 0) is 17.8 Å². The predicted octanol–water partition coefficient (Wildman–Crippen LogP) is 6.42. The van der Waals surface area contributed by atoms with E-state index in [1.165, 1.54) is 16.6 Å². The van der Waals surface area contributed by atoms with E-state index in [4.69, 9.17) is 14.5 Å². The molecule has 0 atom stereocenters. The Balaban J connectivity index is 1.17. The minimum atomic E-state index is -0.0860. The Bertz CT molecular complexity index is 1280. The number of benzene rings is 3. The normalized spacial score (nSPS) is 11.0. The first-order valence-corrected chi connectivity index (χ1v) is 13.7. The third-order valence-electron chi connectivity index (χ3n) is 6.49. The highest BCUT2D eigenvalue weighted by molar-refractivity contribution is 5.77. The van der Waals surface area contributed by atoms with Crippen LogP contribution >= 0.6 is 0 Å². The fourth-order valence-corrected chi connectivity index (χ4v) is 4.67. The molecule has 200 valence electrons. The quantitative estimate of drug-likeness (QED) is 0.186. The molecule has 1 amide bonds. The largest absolute Gasteiger partial charge is 0.494 e. The van der Waals surface area contributed by atoms with Crippen LogP contribution in [0.5, 0.6) is 11.5 Å². The second kappa shape index (κ2) is 14.2. The summed E-state index contributed by atoms with van der Waals surface area (Å²) in [6.07, 6.45) is 5.97. The van der Waals surface area contributed by atoms with Gasteiger partial charge in [0.1, 0.15) is 17.3 Å². The van der Waals surface area contributed by atoms with Gasteiger partial charge in [0.2, 0.25) is 0 Å². The summed E-state index contributed by atoms with van der Waals surface area (Å²) < 4.78 is 13.9. The van der Waals surface area contributed by atoms with Crippen LogP contribution in [-0.4, -0.2) is 35.2 Å². The molecular formula is C32H39N3O3. The summed E-state index contributed by atoms with van der Waals surface area (Å²) in [5.74, 6) is 2.72. The predicted molar refractivity (Wildman–Crippen MR) is 153 cm³/mol. The van der Waals surface area contributed by atoms with E-state index in [-0.39, 0.29) is 12.5 Å². The van der Waals surface area contributed by atoms with Crippen molar-refractivity contribution in [2.24, 2.45) is 0 Å². The first-order valence-electron chi connectivity index (χ1n) is 13.7. The molecule has 0 bridgehead atoms. The van der Waals surface area contributed by atoms with Gasteiger partial charge in [0, 0.05) is 19.5 Å². The molecule has 1 N–H and O–H groups in total. The minimum Gasteiger partial charge on any atom is -0.494 e. The molecule has 0 aliphatic carbocycles.